The second-order valence-electron chi connectivity index (χ2n) is 15.7. The van der Waals surface area contributed by atoms with Gasteiger partial charge >= 0.3 is 6.09 Å². The number of H-pyrrole nitrogens is 1. The van der Waals surface area contributed by atoms with E-state index in [1.807, 2.05) is 115 Å². The minimum absolute atomic E-state index is 0.00443. The molecule has 1 aliphatic heterocycles. The van der Waals surface area contributed by atoms with E-state index in [0.717, 1.165) is 38.9 Å². The molecule has 322 valence electrons. The van der Waals surface area contributed by atoms with Crippen LogP contribution < -0.4 is 20.3 Å². The number of anilines is 1. The maximum atomic E-state index is 14.8. The number of hydrogen-bond donors (Lipinski definition) is 3. The van der Waals surface area contributed by atoms with E-state index in [9.17, 15) is 19.5 Å². The molecule has 7 aromatic rings. The highest BCUT2D eigenvalue weighted by molar-refractivity contribution is 6.03. The average molecular weight is 855 g/mol. The molecule has 64 heavy (non-hydrogen) atoms. The summed E-state index contributed by atoms with van der Waals surface area (Å²) in [6.45, 7) is -0.185. The van der Waals surface area contributed by atoms with Crippen LogP contribution in [0.4, 0.5) is 10.7 Å². The van der Waals surface area contributed by atoms with Crippen molar-refractivity contribution in [2.75, 3.05) is 32.8 Å². The number of hydrogen-bond acceptors (Lipinski definition) is 9. The maximum Gasteiger partial charge on any atom is 0.410 e. The number of ether oxygens (including phenoxy) is 4. The number of aromatic nitrogens is 2. The lowest BCUT2D eigenvalue weighted by molar-refractivity contribution is -0.0383. The van der Waals surface area contributed by atoms with Crippen molar-refractivity contribution in [3.8, 4) is 22.6 Å². The Morgan fingerprint density at radius 3 is 1.80 bits per heavy atom. The van der Waals surface area contributed by atoms with Gasteiger partial charge in [-0.15, -0.1) is 0 Å². The zero-order valence-corrected chi connectivity index (χ0v) is 35.2. The Bertz CT molecular complexity index is 2720. The summed E-state index contributed by atoms with van der Waals surface area (Å²) in [4.78, 5) is 50.2. The SMILES string of the molecule is COc1ccc(C(OC[C@@H]2[C@@H](O)C[C@H](c3cnc(NC(=O)c4ccccc4)[nH]c3=O)N2C(=O)OCC2c3ccccc3-c3ccccc32)(c2ccccc2)c2ccc(OC)cc2)cc1. The number of nitrogens with one attached hydrogen (secondary N) is 2. The summed E-state index contributed by atoms with van der Waals surface area (Å²) < 4.78 is 24.5. The summed E-state index contributed by atoms with van der Waals surface area (Å²) in [6.07, 6.45) is -0.603. The Balaban J connectivity index is 1.09. The molecule has 2 heterocycles. The molecule has 6 aromatic carbocycles. The largest absolute Gasteiger partial charge is 0.497 e. The monoisotopic (exact) mass is 854 g/mol. The lowest BCUT2D eigenvalue weighted by atomic mass is 9.80. The molecule has 0 radical (unpaired) electrons. The molecule has 0 spiro atoms. The molecule has 12 heteroatoms. The van der Waals surface area contributed by atoms with E-state index in [1.165, 1.54) is 11.1 Å². The Labute approximate surface area is 370 Å². The van der Waals surface area contributed by atoms with Crippen LogP contribution in [0.3, 0.4) is 0 Å². The van der Waals surface area contributed by atoms with Gasteiger partial charge in [-0.2, -0.15) is 0 Å². The topological polar surface area (TPSA) is 152 Å². The molecule has 1 saturated heterocycles. The summed E-state index contributed by atoms with van der Waals surface area (Å²) in [5.41, 5.74) is 5.15. The number of benzene rings is 6. The van der Waals surface area contributed by atoms with Crippen molar-refractivity contribution in [1.82, 2.24) is 14.9 Å². The highest BCUT2D eigenvalue weighted by Gasteiger charge is 2.48. The smallest absolute Gasteiger partial charge is 0.410 e. The summed E-state index contributed by atoms with van der Waals surface area (Å²) in [6, 6.07) is 47.5. The van der Waals surface area contributed by atoms with Crippen molar-refractivity contribution in [1.29, 1.82) is 0 Å². The predicted octanol–water partition coefficient (Wildman–Crippen LogP) is 8.47. The van der Waals surface area contributed by atoms with E-state index in [1.54, 1.807) is 44.6 Å². The molecule has 3 N–H and O–H groups in total. The van der Waals surface area contributed by atoms with Gasteiger partial charge in [0.2, 0.25) is 5.95 Å². The van der Waals surface area contributed by atoms with Crippen LogP contribution in [-0.2, 0) is 15.1 Å². The number of fused-ring (bicyclic) bond motifs is 3. The van der Waals surface area contributed by atoms with Gasteiger partial charge in [0, 0.05) is 24.1 Å². The molecular weight excluding hydrogens is 809 g/mol. The van der Waals surface area contributed by atoms with Crippen LogP contribution in [0, 0.1) is 0 Å². The number of aromatic amines is 1. The third-order valence-corrected chi connectivity index (χ3v) is 12.2. The zero-order chi connectivity index (χ0) is 44.2. The van der Waals surface area contributed by atoms with E-state index in [2.05, 4.69) is 27.4 Å². The molecule has 0 unspecified atom stereocenters. The number of aliphatic hydroxyl groups excluding tert-OH is 1. The first-order chi connectivity index (χ1) is 31.3. The first kappa shape index (κ1) is 41.8. The van der Waals surface area contributed by atoms with E-state index >= 15 is 0 Å². The van der Waals surface area contributed by atoms with Gasteiger partial charge in [0.05, 0.1) is 44.6 Å². The lowest BCUT2D eigenvalue weighted by Gasteiger charge is -2.38. The number of nitrogens with zero attached hydrogens (tertiary/aromatic N) is 2. The average Bonchev–Trinajstić information content (AvgIpc) is 3.85. The highest BCUT2D eigenvalue weighted by atomic mass is 16.6. The number of rotatable bonds is 13. The summed E-state index contributed by atoms with van der Waals surface area (Å²) in [7, 11) is 3.20. The van der Waals surface area contributed by atoms with Gasteiger partial charge in [-0.25, -0.2) is 9.78 Å². The van der Waals surface area contributed by atoms with Crippen LogP contribution in [0.15, 0.2) is 169 Å². The zero-order valence-electron chi connectivity index (χ0n) is 35.2. The Morgan fingerprint density at radius 2 is 1.23 bits per heavy atom. The fourth-order valence-electron chi connectivity index (χ4n) is 9.07. The van der Waals surface area contributed by atoms with Crippen LogP contribution in [0.25, 0.3) is 11.1 Å². The van der Waals surface area contributed by atoms with Crippen LogP contribution >= 0.6 is 0 Å². The van der Waals surface area contributed by atoms with Gasteiger partial charge in [-0.3, -0.25) is 24.8 Å². The molecule has 12 nitrogen and oxygen atoms in total. The fourth-order valence-corrected chi connectivity index (χ4v) is 9.07. The molecule has 2 amide bonds. The number of aliphatic hydroxyl groups is 1. The van der Waals surface area contributed by atoms with E-state index < -0.39 is 41.3 Å². The molecule has 2 aliphatic rings. The molecule has 0 bridgehead atoms. The van der Waals surface area contributed by atoms with Crippen molar-refractivity contribution in [3.05, 3.63) is 213 Å². The van der Waals surface area contributed by atoms with Crippen molar-refractivity contribution < 1.29 is 33.6 Å². The summed E-state index contributed by atoms with van der Waals surface area (Å²) >= 11 is 0. The molecule has 1 aromatic heterocycles. The lowest BCUT2D eigenvalue weighted by Crippen LogP contribution is -2.47. The minimum Gasteiger partial charge on any atom is -0.497 e. The second kappa shape index (κ2) is 18.1. The summed E-state index contributed by atoms with van der Waals surface area (Å²) in [5, 5.41) is 14.7. The van der Waals surface area contributed by atoms with Gasteiger partial charge in [-0.1, -0.05) is 121 Å². The van der Waals surface area contributed by atoms with Crippen molar-refractivity contribution >= 4 is 17.9 Å². The Hall–Kier alpha value is -7.54. The van der Waals surface area contributed by atoms with Crippen LogP contribution in [0.5, 0.6) is 11.5 Å². The normalized spacial score (nSPS) is 16.7. The summed E-state index contributed by atoms with van der Waals surface area (Å²) in [5.74, 6) is 0.535. The first-order valence-corrected chi connectivity index (χ1v) is 21.0. The van der Waals surface area contributed by atoms with Gasteiger partial charge in [0.25, 0.3) is 11.5 Å². The van der Waals surface area contributed by atoms with Crippen LogP contribution in [-0.4, -0.2) is 71.6 Å². The third-order valence-electron chi connectivity index (χ3n) is 12.2. The van der Waals surface area contributed by atoms with Gasteiger partial charge in [0.1, 0.15) is 23.7 Å². The van der Waals surface area contributed by atoms with Crippen molar-refractivity contribution in [3.63, 3.8) is 0 Å². The number of methoxy groups -OCH3 is 2. The van der Waals surface area contributed by atoms with Crippen LogP contribution in [0.2, 0.25) is 0 Å². The number of carbonyl (C=O) groups excluding carboxylic acids is 2. The number of carbonyl (C=O) groups is 2. The first-order valence-electron chi connectivity index (χ1n) is 21.0. The van der Waals surface area contributed by atoms with E-state index in [4.69, 9.17) is 18.9 Å². The molecule has 9 rings (SSSR count). The quantitative estimate of drug-likeness (QED) is 0.0971. The number of amides is 2. The molecule has 3 atom stereocenters. The van der Waals surface area contributed by atoms with Crippen molar-refractivity contribution in [2.45, 2.75) is 36.1 Å². The molecular formula is C52H46N4O8. The fraction of sp³-hybridized carbons (Fsp3) is 0.192. The molecule has 1 aliphatic carbocycles. The van der Waals surface area contributed by atoms with E-state index in [0.29, 0.717) is 17.1 Å². The van der Waals surface area contributed by atoms with Crippen LogP contribution in [0.1, 0.15) is 62.1 Å². The minimum atomic E-state index is -1.28. The second-order valence-corrected chi connectivity index (χ2v) is 15.7. The maximum absolute atomic E-state index is 14.8. The molecule has 0 saturated carbocycles. The predicted molar refractivity (Wildman–Crippen MR) is 242 cm³/mol. The van der Waals surface area contributed by atoms with Crippen molar-refractivity contribution in [2.24, 2.45) is 0 Å². The Morgan fingerprint density at radius 1 is 0.703 bits per heavy atom. The van der Waals surface area contributed by atoms with E-state index in [-0.39, 0.29) is 37.1 Å². The van der Waals surface area contributed by atoms with Gasteiger partial charge < -0.3 is 24.1 Å². The Kier molecular flexibility index (Phi) is 11.8. The third kappa shape index (κ3) is 7.89. The van der Waals surface area contributed by atoms with Gasteiger partial charge in [-0.05, 0) is 75.3 Å². The standard InChI is InChI=1S/C52H46N4O8/c1-61-37-25-21-35(22-26-37)52(34-15-7-4-8-16-34,36-23-27-38(62-2)28-24-36)64-32-46-47(57)29-45(43-30-53-50(55-49(43)59)54-48(58)33-13-5-3-6-14-33)56(46)51(60)63-31-44-41-19-11-9-17-39(41)40-18-10-12-20-42(40)44/h3-28,30,44-47,57H,29,31-32H2,1-2H3,(H2,53,54,55,58,59)/t45-,46-,47+/m1/s1. The molecule has 1 fully saturated rings. The van der Waals surface area contributed by atoms with Gasteiger partial charge in [0.15, 0.2) is 0 Å². The number of likely N-dealkylation sites (tertiary alicyclic amines) is 1. The highest BCUT2D eigenvalue weighted by Crippen LogP contribution is 2.46.